The molecular formula is C19H19NO2. The van der Waals surface area contributed by atoms with E-state index in [1.807, 2.05) is 18.2 Å². The van der Waals surface area contributed by atoms with E-state index < -0.39 is 0 Å². The highest BCUT2D eigenvalue weighted by molar-refractivity contribution is 5.77. The Bertz CT molecular complexity index is 773. The van der Waals surface area contributed by atoms with E-state index in [4.69, 9.17) is 9.15 Å². The molecule has 1 unspecified atom stereocenters. The van der Waals surface area contributed by atoms with Gasteiger partial charge in [0.1, 0.15) is 17.1 Å². The summed E-state index contributed by atoms with van der Waals surface area (Å²) >= 11 is 0. The normalized spacial score (nSPS) is 14.8. The van der Waals surface area contributed by atoms with Crippen LogP contribution in [0.4, 0.5) is 0 Å². The summed E-state index contributed by atoms with van der Waals surface area (Å²) in [6.07, 6.45) is 1.02. The van der Waals surface area contributed by atoms with Crippen LogP contribution in [0.5, 0.6) is 5.75 Å². The molecule has 22 heavy (non-hydrogen) atoms. The lowest BCUT2D eigenvalue weighted by molar-refractivity contribution is 0.357. The molecule has 0 saturated carbocycles. The van der Waals surface area contributed by atoms with Crippen LogP contribution in [0.3, 0.4) is 0 Å². The van der Waals surface area contributed by atoms with E-state index in [1.54, 1.807) is 0 Å². The third kappa shape index (κ3) is 2.48. The van der Waals surface area contributed by atoms with Crippen LogP contribution in [0.2, 0.25) is 0 Å². The highest BCUT2D eigenvalue weighted by Gasteiger charge is 2.14. The standard InChI is InChI=1S/C19H19NO2/c1-13(19-11-15-4-2-3-5-18(15)22-19)20-12-14-6-7-17-16(10-14)8-9-21-17/h2-7,10-11,13,20H,8-9,12H2,1H3. The average molecular weight is 293 g/mol. The van der Waals surface area contributed by atoms with Gasteiger partial charge in [-0.25, -0.2) is 0 Å². The fourth-order valence-electron chi connectivity index (χ4n) is 2.94. The molecule has 0 radical (unpaired) electrons. The van der Waals surface area contributed by atoms with Crippen LogP contribution < -0.4 is 10.1 Å². The molecular weight excluding hydrogens is 274 g/mol. The molecule has 1 aliphatic rings. The van der Waals surface area contributed by atoms with Crippen molar-refractivity contribution in [1.82, 2.24) is 5.32 Å². The van der Waals surface area contributed by atoms with Crippen molar-refractivity contribution in [3.63, 3.8) is 0 Å². The number of hydrogen-bond acceptors (Lipinski definition) is 3. The Labute approximate surface area is 129 Å². The maximum atomic E-state index is 5.91. The maximum absolute atomic E-state index is 5.91. The van der Waals surface area contributed by atoms with Crippen molar-refractivity contribution in [3.05, 3.63) is 65.4 Å². The monoisotopic (exact) mass is 293 g/mol. The Hall–Kier alpha value is -2.26. The summed E-state index contributed by atoms with van der Waals surface area (Å²) in [6.45, 7) is 3.77. The lowest BCUT2D eigenvalue weighted by atomic mass is 10.1. The smallest absolute Gasteiger partial charge is 0.134 e. The highest BCUT2D eigenvalue weighted by Crippen LogP contribution is 2.27. The van der Waals surface area contributed by atoms with Gasteiger partial charge < -0.3 is 14.5 Å². The zero-order valence-corrected chi connectivity index (χ0v) is 12.6. The molecule has 3 heteroatoms. The van der Waals surface area contributed by atoms with Crippen LogP contribution in [-0.2, 0) is 13.0 Å². The zero-order valence-electron chi connectivity index (χ0n) is 12.6. The van der Waals surface area contributed by atoms with Gasteiger partial charge in [-0.3, -0.25) is 0 Å². The first-order chi connectivity index (χ1) is 10.8. The molecule has 1 aromatic heterocycles. The van der Waals surface area contributed by atoms with Gasteiger partial charge in [0.2, 0.25) is 0 Å². The van der Waals surface area contributed by atoms with Crippen molar-refractivity contribution in [2.45, 2.75) is 25.9 Å². The number of para-hydroxylation sites is 1. The molecule has 0 amide bonds. The molecule has 3 nitrogen and oxygen atoms in total. The number of fused-ring (bicyclic) bond motifs is 2. The predicted molar refractivity (Wildman–Crippen MR) is 87.1 cm³/mol. The van der Waals surface area contributed by atoms with Crippen molar-refractivity contribution in [2.75, 3.05) is 6.61 Å². The summed E-state index contributed by atoms with van der Waals surface area (Å²) in [5.41, 5.74) is 3.55. The fraction of sp³-hybridized carbons (Fsp3) is 0.263. The van der Waals surface area contributed by atoms with Gasteiger partial charge in [-0.1, -0.05) is 30.3 Å². The van der Waals surface area contributed by atoms with Crippen LogP contribution in [0.15, 0.2) is 52.9 Å². The molecule has 3 aromatic rings. The molecule has 2 heterocycles. The minimum Gasteiger partial charge on any atom is -0.493 e. The van der Waals surface area contributed by atoms with Gasteiger partial charge in [0, 0.05) is 18.4 Å². The number of ether oxygens (including phenoxy) is 1. The van der Waals surface area contributed by atoms with Gasteiger partial charge in [-0.05, 0) is 36.2 Å². The summed E-state index contributed by atoms with van der Waals surface area (Å²) in [5, 5.41) is 4.69. The SMILES string of the molecule is CC(NCc1ccc2c(c1)CCO2)c1cc2ccccc2o1. The van der Waals surface area contributed by atoms with Gasteiger partial charge in [0.05, 0.1) is 12.6 Å². The molecule has 112 valence electrons. The minimum absolute atomic E-state index is 0.178. The van der Waals surface area contributed by atoms with E-state index in [0.29, 0.717) is 0 Å². The Morgan fingerprint density at radius 1 is 1.14 bits per heavy atom. The van der Waals surface area contributed by atoms with Gasteiger partial charge in [0.15, 0.2) is 0 Å². The van der Waals surface area contributed by atoms with Crippen LogP contribution >= 0.6 is 0 Å². The number of rotatable bonds is 4. The molecule has 2 aromatic carbocycles. The third-order valence-corrected chi connectivity index (χ3v) is 4.24. The van der Waals surface area contributed by atoms with Gasteiger partial charge in [-0.15, -0.1) is 0 Å². The first-order valence-electron chi connectivity index (χ1n) is 7.76. The predicted octanol–water partition coefficient (Wildman–Crippen LogP) is 4.22. The number of hydrogen-bond donors (Lipinski definition) is 1. The molecule has 1 atom stereocenters. The first kappa shape index (κ1) is 13.4. The average Bonchev–Trinajstić information content (AvgIpc) is 3.18. The van der Waals surface area contributed by atoms with E-state index in [-0.39, 0.29) is 6.04 Å². The van der Waals surface area contributed by atoms with Crippen molar-refractivity contribution in [2.24, 2.45) is 0 Å². The van der Waals surface area contributed by atoms with E-state index >= 15 is 0 Å². The van der Waals surface area contributed by atoms with E-state index in [2.05, 4.69) is 42.6 Å². The molecule has 0 fully saturated rings. The number of nitrogens with one attached hydrogen (secondary N) is 1. The topological polar surface area (TPSA) is 34.4 Å². The highest BCUT2D eigenvalue weighted by atomic mass is 16.5. The Balaban J connectivity index is 1.46. The summed E-state index contributed by atoms with van der Waals surface area (Å²) in [5.74, 6) is 2.01. The summed E-state index contributed by atoms with van der Waals surface area (Å²) in [4.78, 5) is 0. The number of furan rings is 1. The maximum Gasteiger partial charge on any atom is 0.134 e. The summed E-state index contributed by atoms with van der Waals surface area (Å²) in [7, 11) is 0. The third-order valence-electron chi connectivity index (χ3n) is 4.24. The quantitative estimate of drug-likeness (QED) is 0.782. The molecule has 1 N–H and O–H groups in total. The van der Waals surface area contributed by atoms with E-state index in [0.717, 1.165) is 42.1 Å². The van der Waals surface area contributed by atoms with Crippen molar-refractivity contribution in [1.29, 1.82) is 0 Å². The van der Waals surface area contributed by atoms with Crippen molar-refractivity contribution >= 4 is 11.0 Å². The Morgan fingerprint density at radius 3 is 2.95 bits per heavy atom. The van der Waals surface area contributed by atoms with E-state index in [9.17, 15) is 0 Å². The second-order valence-electron chi connectivity index (χ2n) is 5.83. The molecule has 0 bridgehead atoms. The molecule has 1 aliphatic heterocycles. The Kier molecular flexibility index (Phi) is 3.35. The molecule has 0 saturated heterocycles. The molecule has 4 rings (SSSR count). The van der Waals surface area contributed by atoms with Crippen LogP contribution in [0.1, 0.15) is 29.9 Å². The van der Waals surface area contributed by atoms with Gasteiger partial charge in [-0.2, -0.15) is 0 Å². The molecule has 0 spiro atoms. The van der Waals surface area contributed by atoms with Crippen LogP contribution in [0, 0.1) is 0 Å². The Morgan fingerprint density at radius 2 is 2.05 bits per heavy atom. The first-order valence-corrected chi connectivity index (χ1v) is 7.76. The van der Waals surface area contributed by atoms with Crippen molar-refractivity contribution < 1.29 is 9.15 Å². The fourth-order valence-corrected chi connectivity index (χ4v) is 2.94. The lowest BCUT2D eigenvalue weighted by Gasteiger charge is -2.12. The van der Waals surface area contributed by atoms with Gasteiger partial charge >= 0.3 is 0 Å². The summed E-state index contributed by atoms with van der Waals surface area (Å²) < 4.78 is 11.5. The minimum atomic E-state index is 0.178. The number of benzene rings is 2. The second kappa shape index (κ2) is 5.50. The molecule has 0 aliphatic carbocycles. The lowest BCUT2D eigenvalue weighted by Crippen LogP contribution is -2.17. The summed E-state index contributed by atoms with van der Waals surface area (Å²) in [6, 6.07) is 16.9. The van der Waals surface area contributed by atoms with Crippen molar-refractivity contribution in [3.8, 4) is 5.75 Å². The van der Waals surface area contributed by atoms with Gasteiger partial charge in [0.25, 0.3) is 0 Å². The van der Waals surface area contributed by atoms with E-state index in [1.165, 1.54) is 11.1 Å². The largest absolute Gasteiger partial charge is 0.493 e. The van der Waals surface area contributed by atoms with Crippen LogP contribution in [0.25, 0.3) is 11.0 Å². The zero-order chi connectivity index (χ0) is 14.9. The second-order valence-corrected chi connectivity index (χ2v) is 5.83. The van der Waals surface area contributed by atoms with Crippen LogP contribution in [-0.4, -0.2) is 6.61 Å².